The van der Waals surface area contributed by atoms with Crippen LogP contribution in [0.2, 0.25) is 0 Å². The summed E-state index contributed by atoms with van der Waals surface area (Å²) in [5.41, 5.74) is 1.14. The van der Waals surface area contributed by atoms with E-state index in [0.717, 1.165) is 56.5 Å². The Kier molecular flexibility index (Phi) is 5.05. The Morgan fingerprint density at radius 1 is 1.00 bits per heavy atom. The highest BCUT2D eigenvalue weighted by atomic mass is 16.5. The van der Waals surface area contributed by atoms with E-state index < -0.39 is 0 Å². The van der Waals surface area contributed by atoms with Gasteiger partial charge in [-0.15, -0.1) is 0 Å². The first kappa shape index (κ1) is 14.3. The van der Waals surface area contributed by atoms with Crippen molar-refractivity contribution >= 4 is 0 Å². The molecule has 21 heavy (non-hydrogen) atoms. The highest BCUT2D eigenvalue weighted by Gasteiger charge is 2.14. The minimum atomic E-state index is 0.911. The Morgan fingerprint density at radius 2 is 1.81 bits per heavy atom. The van der Waals surface area contributed by atoms with Crippen molar-refractivity contribution in [3.8, 4) is 11.3 Å². The van der Waals surface area contributed by atoms with Crippen LogP contribution in [0, 0.1) is 0 Å². The number of nitrogens with one attached hydrogen (secondary N) is 1. The van der Waals surface area contributed by atoms with Crippen LogP contribution >= 0.6 is 0 Å². The highest BCUT2D eigenvalue weighted by molar-refractivity contribution is 5.57. The first-order chi connectivity index (χ1) is 10.4. The smallest absolute Gasteiger partial charge is 0.158 e. The van der Waals surface area contributed by atoms with Gasteiger partial charge >= 0.3 is 0 Å². The Bertz CT molecular complexity index is 533. The van der Waals surface area contributed by atoms with Crippen LogP contribution in [0.1, 0.15) is 5.76 Å². The summed E-state index contributed by atoms with van der Waals surface area (Å²) in [4.78, 5) is 1.65. The fourth-order valence-corrected chi connectivity index (χ4v) is 2.71. The molecule has 0 unspecified atom stereocenters. The van der Waals surface area contributed by atoms with Crippen molar-refractivity contribution in [1.29, 1.82) is 0 Å². The molecule has 0 amide bonds. The van der Waals surface area contributed by atoms with E-state index in [-0.39, 0.29) is 0 Å². The van der Waals surface area contributed by atoms with Crippen molar-refractivity contribution in [2.75, 3.05) is 39.4 Å². The van der Waals surface area contributed by atoms with E-state index in [1.165, 1.54) is 6.54 Å². The summed E-state index contributed by atoms with van der Waals surface area (Å²) >= 11 is 0. The zero-order valence-corrected chi connectivity index (χ0v) is 12.4. The topological polar surface area (TPSA) is 43.4 Å². The number of hydrogen-bond donors (Lipinski definition) is 2. The molecule has 1 fully saturated rings. The zero-order chi connectivity index (χ0) is 14.3. The summed E-state index contributed by atoms with van der Waals surface area (Å²) < 4.78 is 11.3. The lowest BCUT2D eigenvalue weighted by atomic mass is 10.2. The molecule has 0 radical (unpaired) electrons. The Hall–Kier alpha value is -1.62. The maximum atomic E-state index is 5.90. The number of ether oxygens (including phenoxy) is 1. The first-order valence-corrected chi connectivity index (χ1v) is 7.79. The van der Waals surface area contributed by atoms with Crippen molar-refractivity contribution in [3.63, 3.8) is 0 Å². The molecule has 1 aromatic heterocycles. The molecule has 1 aromatic carbocycles. The van der Waals surface area contributed by atoms with Crippen molar-refractivity contribution in [3.05, 3.63) is 48.2 Å². The molecule has 112 valence electrons. The molecule has 0 aliphatic carbocycles. The summed E-state index contributed by atoms with van der Waals surface area (Å²) in [6.45, 7) is 7.37. The van der Waals surface area contributed by atoms with Gasteiger partial charge in [0.05, 0.1) is 13.2 Å². The van der Waals surface area contributed by atoms with Gasteiger partial charge < -0.3 is 19.4 Å². The molecule has 3 rings (SSSR count). The molecule has 0 bridgehead atoms. The lowest BCUT2D eigenvalue weighted by Gasteiger charge is -2.22. The second-order valence-corrected chi connectivity index (χ2v) is 5.53. The second-order valence-electron chi connectivity index (χ2n) is 5.53. The Balaban J connectivity index is 1.42. The van der Waals surface area contributed by atoms with Crippen molar-refractivity contribution in [2.24, 2.45) is 0 Å². The van der Waals surface area contributed by atoms with Gasteiger partial charge in [-0.25, -0.2) is 0 Å². The van der Waals surface area contributed by atoms with Gasteiger partial charge in [0.25, 0.3) is 0 Å². The summed E-state index contributed by atoms with van der Waals surface area (Å²) in [7, 11) is 0. The van der Waals surface area contributed by atoms with E-state index in [2.05, 4.69) is 29.6 Å². The Morgan fingerprint density at radius 3 is 2.62 bits per heavy atom. The monoisotopic (exact) mass is 288 g/mol. The Labute approximate surface area is 125 Å². The predicted octanol–water partition coefficient (Wildman–Crippen LogP) is -0.0749. The molecule has 2 aromatic rings. The van der Waals surface area contributed by atoms with Crippen LogP contribution in [0.25, 0.3) is 11.3 Å². The number of furan rings is 1. The minimum Gasteiger partial charge on any atom is -0.455 e. The van der Waals surface area contributed by atoms with E-state index in [9.17, 15) is 0 Å². The summed E-state index contributed by atoms with van der Waals surface area (Å²) in [5, 5.41) is 2.33. The highest BCUT2D eigenvalue weighted by Crippen LogP contribution is 2.21. The third kappa shape index (κ3) is 4.17. The number of quaternary nitrogens is 2. The van der Waals surface area contributed by atoms with Gasteiger partial charge in [0.2, 0.25) is 0 Å². The molecular formula is C17H24N2O2+2. The molecule has 0 atom stereocenters. The summed E-state index contributed by atoms with van der Waals surface area (Å²) in [5.74, 6) is 2.00. The van der Waals surface area contributed by atoms with Crippen molar-refractivity contribution in [2.45, 2.75) is 6.54 Å². The molecule has 3 N–H and O–H groups in total. The maximum absolute atomic E-state index is 5.90. The predicted molar refractivity (Wildman–Crippen MR) is 81.0 cm³/mol. The van der Waals surface area contributed by atoms with Crippen LogP contribution < -0.4 is 10.2 Å². The SMILES string of the molecule is c1ccc(-c2ccc(C[NH2+]CC[NH+]3CCOCC3)o2)cc1. The number of hydrogen-bond acceptors (Lipinski definition) is 2. The molecule has 4 heteroatoms. The van der Waals surface area contributed by atoms with Gasteiger partial charge in [-0.05, 0) is 12.1 Å². The minimum absolute atomic E-state index is 0.911. The van der Waals surface area contributed by atoms with Crippen molar-refractivity contribution in [1.82, 2.24) is 0 Å². The van der Waals surface area contributed by atoms with Gasteiger partial charge in [-0.1, -0.05) is 30.3 Å². The maximum Gasteiger partial charge on any atom is 0.158 e. The quantitative estimate of drug-likeness (QED) is 0.731. The molecule has 2 heterocycles. The lowest BCUT2D eigenvalue weighted by molar-refractivity contribution is -0.920. The van der Waals surface area contributed by atoms with Crippen molar-refractivity contribution < 1.29 is 19.4 Å². The van der Waals surface area contributed by atoms with E-state index in [1.807, 2.05) is 18.2 Å². The van der Waals surface area contributed by atoms with E-state index in [0.29, 0.717) is 0 Å². The van der Waals surface area contributed by atoms with Gasteiger partial charge in [-0.3, -0.25) is 0 Å². The van der Waals surface area contributed by atoms with Crippen LogP contribution in [0.3, 0.4) is 0 Å². The van der Waals surface area contributed by atoms with Crippen LogP contribution in [-0.2, 0) is 11.3 Å². The standard InChI is InChI=1S/C17H22N2O2/c1-2-4-15(5-3-1)17-7-6-16(21-17)14-18-8-9-19-10-12-20-13-11-19/h1-7,18H,8-14H2/p+2. The zero-order valence-electron chi connectivity index (χ0n) is 12.4. The van der Waals surface area contributed by atoms with Gasteiger partial charge in [0.1, 0.15) is 38.5 Å². The molecule has 1 aliphatic rings. The molecular weight excluding hydrogens is 264 g/mol. The average Bonchev–Trinajstić information content (AvgIpc) is 3.02. The largest absolute Gasteiger partial charge is 0.455 e. The molecule has 4 nitrogen and oxygen atoms in total. The molecule has 0 spiro atoms. The van der Waals surface area contributed by atoms with Crippen LogP contribution in [-0.4, -0.2) is 39.4 Å². The average molecular weight is 288 g/mol. The number of rotatable bonds is 6. The first-order valence-electron chi connectivity index (χ1n) is 7.79. The van der Waals surface area contributed by atoms with Crippen LogP contribution in [0.15, 0.2) is 46.9 Å². The molecule has 1 aliphatic heterocycles. The lowest BCUT2D eigenvalue weighted by Crippen LogP contribution is -3.16. The van der Waals surface area contributed by atoms with E-state index in [4.69, 9.17) is 9.15 Å². The number of benzene rings is 1. The second kappa shape index (κ2) is 7.41. The number of nitrogens with two attached hydrogens (primary N) is 1. The van der Waals surface area contributed by atoms with Crippen LogP contribution in [0.5, 0.6) is 0 Å². The normalized spacial score (nSPS) is 16.2. The summed E-state index contributed by atoms with van der Waals surface area (Å²) in [6, 6.07) is 14.4. The van der Waals surface area contributed by atoms with Gasteiger partial charge in [0, 0.05) is 5.56 Å². The van der Waals surface area contributed by atoms with Gasteiger partial charge in [0.15, 0.2) is 5.76 Å². The van der Waals surface area contributed by atoms with Gasteiger partial charge in [-0.2, -0.15) is 0 Å². The van der Waals surface area contributed by atoms with Crippen LogP contribution in [0.4, 0.5) is 0 Å². The van der Waals surface area contributed by atoms with E-state index in [1.54, 1.807) is 4.90 Å². The summed E-state index contributed by atoms with van der Waals surface area (Å²) in [6.07, 6.45) is 0. The fourth-order valence-electron chi connectivity index (χ4n) is 2.71. The third-order valence-electron chi connectivity index (χ3n) is 3.97. The number of morpholine rings is 1. The fraction of sp³-hybridized carbons (Fsp3) is 0.412. The van der Waals surface area contributed by atoms with E-state index >= 15 is 0 Å². The molecule has 0 saturated carbocycles. The third-order valence-corrected chi connectivity index (χ3v) is 3.97. The molecule has 1 saturated heterocycles.